The van der Waals surface area contributed by atoms with Gasteiger partial charge >= 0.3 is 0 Å². The van der Waals surface area contributed by atoms with Crippen LogP contribution in [0.5, 0.6) is 5.75 Å². The Bertz CT molecular complexity index is 1220. The van der Waals surface area contributed by atoms with Gasteiger partial charge in [0.2, 0.25) is 0 Å². The highest BCUT2D eigenvalue weighted by Crippen LogP contribution is 2.57. The van der Waals surface area contributed by atoms with E-state index in [1.54, 1.807) is 25.1 Å². The van der Waals surface area contributed by atoms with Crippen LogP contribution in [0.15, 0.2) is 34.8 Å². The van der Waals surface area contributed by atoms with Crippen LogP contribution in [0.2, 0.25) is 0 Å². The van der Waals surface area contributed by atoms with Gasteiger partial charge in [-0.25, -0.2) is 0 Å². The van der Waals surface area contributed by atoms with Crippen molar-refractivity contribution in [2.75, 3.05) is 40.2 Å². The van der Waals surface area contributed by atoms with Crippen molar-refractivity contribution < 1.29 is 34.4 Å². The number of anilines is 1. The van der Waals surface area contributed by atoms with Gasteiger partial charge in [0.15, 0.2) is 11.6 Å². The SMILES string of the molecule is CO[C@@H]1[C@H]2[C@H](N(C)C)C(O)=C(C(N)=O)C(=O)[C@@]2(P)C(O)=C2C(=O)c3c(O)ccc(N(C)C)c3C[C@H]21. The van der Waals surface area contributed by atoms with Crippen LogP contribution < -0.4 is 10.6 Å². The summed E-state index contributed by atoms with van der Waals surface area (Å²) >= 11 is 0. The second kappa shape index (κ2) is 8.33. The fourth-order valence-corrected chi connectivity index (χ4v) is 6.70. The van der Waals surface area contributed by atoms with Gasteiger partial charge in [0.05, 0.1) is 17.7 Å². The summed E-state index contributed by atoms with van der Waals surface area (Å²) in [6, 6.07) is 2.20. The van der Waals surface area contributed by atoms with Gasteiger partial charge in [-0.3, -0.25) is 19.3 Å². The molecule has 0 bridgehead atoms. The standard InChI is InChI=1S/C24H30N3O7P/c1-26(2)11-6-7-12(28)13-9(11)8-10-14(18(13)29)21(31)24(35)16(20(10)34-5)17(27(3)4)19(30)15(22(24)32)23(25)33/h6-7,10,16-17,20,28,30-31H,8,35H2,1-5H3,(H2,25,33)/t10-,16-,17+,20+,24+/m1/s1. The van der Waals surface area contributed by atoms with Gasteiger partial charge in [-0.1, -0.05) is 0 Å². The first kappa shape index (κ1) is 25.2. The van der Waals surface area contributed by atoms with Crippen molar-refractivity contribution in [1.29, 1.82) is 0 Å². The molecule has 0 heterocycles. The number of hydrogen-bond donors (Lipinski definition) is 4. The number of Topliss-reactive ketones (excluding diaryl/α,β-unsaturated/α-hetero) is 2. The fraction of sp³-hybridized carbons (Fsp3) is 0.458. The van der Waals surface area contributed by atoms with E-state index in [-0.39, 0.29) is 23.3 Å². The van der Waals surface area contributed by atoms with Crippen LogP contribution in [0, 0.1) is 11.8 Å². The number of aliphatic hydroxyl groups is 2. The average molecular weight is 503 g/mol. The molecule has 0 saturated heterocycles. The number of fused-ring (bicyclic) bond motifs is 3. The summed E-state index contributed by atoms with van der Waals surface area (Å²) in [5, 5.41) is 31.3. The van der Waals surface area contributed by atoms with Gasteiger partial charge in [0, 0.05) is 44.3 Å². The minimum atomic E-state index is -1.86. The number of phenols is 1. The van der Waals surface area contributed by atoms with E-state index in [9.17, 15) is 29.7 Å². The molecule has 3 aliphatic carbocycles. The average Bonchev–Trinajstić information content (AvgIpc) is 2.75. The third-order valence-electron chi connectivity index (χ3n) is 7.49. The summed E-state index contributed by atoms with van der Waals surface area (Å²) in [4.78, 5) is 43.1. The highest BCUT2D eigenvalue weighted by molar-refractivity contribution is 7.22. The minimum absolute atomic E-state index is 0.0526. The van der Waals surface area contributed by atoms with Crippen LogP contribution in [-0.4, -0.2) is 90.3 Å². The molecule has 11 heteroatoms. The van der Waals surface area contributed by atoms with Crippen LogP contribution in [0.25, 0.3) is 0 Å². The number of benzene rings is 1. The quantitative estimate of drug-likeness (QED) is 0.343. The highest BCUT2D eigenvalue weighted by atomic mass is 31.0. The lowest BCUT2D eigenvalue weighted by molar-refractivity contribution is -0.129. The van der Waals surface area contributed by atoms with Gasteiger partial charge < -0.3 is 30.7 Å². The minimum Gasteiger partial charge on any atom is -0.510 e. The summed E-state index contributed by atoms with van der Waals surface area (Å²) in [7, 11) is 10.7. The monoisotopic (exact) mass is 503 g/mol. The number of nitrogens with two attached hydrogens (primary N) is 1. The molecule has 0 aromatic heterocycles. The summed E-state index contributed by atoms with van der Waals surface area (Å²) in [6.45, 7) is 0. The molecule has 1 aromatic rings. The molecule has 1 amide bonds. The van der Waals surface area contributed by atoms with E-state index in [4.69, 9.17) is 10.5 Å². The lowest BCUT2D eigenvalue weighted by atomic mass is 9.58. The Kier molecular flexibility index (Phi) is 5.99. The molecule has 4 rings (SSSR count). The number of aliphatic hydroxyl groups excluding tert-OH is 2. The first-order chi connectivity index (χ1) is 16.3. The second-order valence-corrected chi connectivity index (χ2v) is 10.6. The zero-order valence-corrected chi connectivity index (χ0v) is 21.3. The van der Waals surface area contributed by atoms with Crippen molar-refractivity contribution in [2.45, 2.75) is 23.7 Å². The van der Waals surface area contributed by atoms with E-state index in [1.807, 2.05) is 19.0 Å². The van der Waals surface area contributed by atoms with Gasteiger partial charge in [-0.2, -0.15) is 0 Å². The number of carbonyl (C=O) groups is 3. The van der Waals surface area contributed by atoms with Crippen LogP contribution in [0.1, 0.15) is 15.9 Å². The van der Waals surface area contributed by atoms with Crippen LogP contribution in [0.3, 0.4) is 0 Å². The molecule has 1 unspecified atom stereocenters. The van der Waals surface area contributed by atoms with Gasteiger partial charge in [0.1, 0.15) is 28.0 Å². The number of methoxy groups -OCH3 is 1. The summed E-state index contributed by atoms with van der Waals surface area (Å²) in [5.41, 5.74) is 6.14. The van der Waals surface area contributed by atoms with Crippen LogP contribution in [-0.2, 0) is 20.7 Å². The summed E-state index contributed by atoms with van der Waals surface area (Å²) < 4.78 is 5.89. The van der Waals surface area contributed by atoms with E-state index < -0.39 is 63.7 Å². The topological polar surface area (TPSA) is 154 Å². The van der Waals surface area contributed by atoms with Gasteiger partial charge in [-0.05, 0) is 38.2 Å². The molecule has 0 fully saturated rings. The van der Waals surface area contributed by atoms with Crippen molar-refractivity contribution in [1.82, 2.24) is 4.90 Å². The molecule has 0 saturated carbocycles. The lowest BCUT2D eigenvalue weighted by Crippen LogP contribution is -2.66. The molecule has 0 aliphatic heterocycles. The zero-order valence-electron chi connectivity index (χ0n) is 20.2. The number of phenolic OH excluding ortho intramolecular Hbond substituents is 1. The van der Waals surface area contributed by atoms with E-state index >= 15 is 0 Å². The Morgan fingerprint density at radius 2 is 1.80 bits per heavy atom. The predicted molar refractivity (Wildman–Crippen MR) is 132 cm³/mol. The third-order valence-corrected chi connectivity index (χ3v) is 8.41. The molecular weight excluding hydrogens is 473 g/mol. The maximum absolute atomic E-state index is 13.8. The number of ketones is 2. The number of primary amides is 1. The van der Waals surface area contributed by atoms with E-state index in [1.165, 1.54) is 13.2 Å². The van der Waals surface area contributed by atoms with Gasteiger partial charge in [0.25, 0.3) is 5.91 Å². The Balaban J connectivity index is 2.06. The van der Waals surface area contributed by atoms with Gasteiger partial charge in [-0.15, -0.1) is 9.24 Å². The molecular formula is C24H30N3O7P. The number of amides is 1. The Morgan fingerprint density at radius 3 is 2.31 bits per heavy atom. The molecule has 10 nitrogen and oxygen atoms in total. The van der Waals surface area contributed by atoms with Crippen molar-refractivity contribution >= 4 is 32.4 Å². The molecule has 1 aromatic carbocycles. The number of aromatic hydroxyl groups is 1. The fourth-order valence-electron chi connectivity index (χ4n) is 6.03. The Hall–Kier alpha value is -2.94. The third kappa shape index (κ3) is 3.23. The summed E-state index contributed by atoms with van der Waals surface area (Å²) in [6.07, 6.45) is -0.583. The molecule has 5 N–H and O–H groups in total. The maximum Gasteiger partial charge on any atom is 0.255 e. The van der Waals surface area contributed by atoms with Crippen LogP contribution >= 0.6 is 9.24 Å². The second-order valence-electron chi connectivity index (χ2n) is 9.71. The number of allylic oxidation sites excluding steroid dienone is 1. The van der Waals surface area contributed by atoms with Crippen LogP contribution in [0.4, 0.5) is 5.69 Å². The molecule has 35 heavy (non-hydrogen) atoms. The summed E-state index contributed by atoms with van der Waals surface area (Å²) in [5.74, 6) is -5.50. The largest absolute Gasteiger partial charge is 0.510 e. The molecule has 6 atom stereocenters. The Morgan fingerprint density at radius 1 is 1.17 bits per heavy atom. The number of ether oxygens (including phenoxy) is 1. The molecule has 3 aliphatic rings. The van der Waals surface area contributed by atoms with Crippen molar-refractivity contribution in [2.24, 2.45) is 17.6 Å². The first-order valence-electron chi connectivity index (χ1n) is 11.1. The number of rotatable bonds is 4. The van der Waals surface area contributed by atoms with Crippen molar-refractivity contribution in [3.63, 3.8) is 0 Å². The number of likely N-dealkylation sites (N-methyl/N-ethyl adjacent to an activating group) is 1. The predicted octanol–water partition coefficient (Wildman–Crippen LogP) is 0.694. The van der Waals surface area contributed by atoms with Crippen molar-refractivity contribution in [3.8, 4) is 5.75 Å². The van der Waals surface area contributed by atoms with E-state index in [2.05, 4.69) is 9.24 Å². The number of nitrogens with zero attached hydrogens (tertiary/aromatic N) is 2. The number of carbonyl (C=O) groups excluding carboxylic acids is 3. The lowest BCUT2D eigenvalue weighted by Gasteiger charge is -2.54. The zero-order chi connectivity index (χ0) is 26.1. The Labute approximate surface area is 205 Å². The molecule has 0 radical (unpaired) electrons. The smallest absolute Gasteiger partial charge is 0.255 e. The normalized spacial score (nSPS) is 30.3. The van der Waals surface area contributed by atoms with E-state index in [0.717, 1.165) is 5.69 Å². The van der Waals surface area contributed by atoms with Crippen molar-refractivity contribution in [3.05, 3.63) is 45.9 Å². The highest BCUT2D eigenvalue weighted by Gasteiger charge is 2.65. The maximum atomic E-state index is 13.8. The number of hydrogen-bond acceptors (Lipinski definition) is 9. The molecule has 188 valence electrons. The van der Waals surface area contributed by atoms with E-state index in [0.29, 0.717) is 5.56 Å². The first-order valence-corrected chi connectivity index (χ1v) is 11.6. The molecule has 0 spiro atoms.